The summed E-state index contributed by atoms with van der Waals surface area (Å²) in [6.07, 6.45) is 4.00. The summed E-state index contributed by atoms with van der Waals surface area (Å²) in [4.78, 5) is 10.1. The molecule has 34 heavy (non-hydrogen) atoms. The Balaban J connectivity index is 1.55. The number of benzene rings is 1. The van der Waals surface area contributed by atoms with Crippen molar-refractivity contribution in [2.24, 2.45) is 0 Å². The molecular weight excluding hydrogens is 478 g/mol. The summed E-state index contributed by atoms with van der Waals surface area (Å²) < 4.78 is 20.9. The number of anilines is 2. The van der Waals surface area contributed by atoms with Crippen LogP contribution in [-0.4, -0.2) is 41.4 Å². The molecule has 0 radical (unpaired) electrons. The second-order valence-electron chi connectivity index (χ2n) is 8.60. The Morgan fingerprint density at radius 3 is 2.53 bits per heavy atom. The van der Waals surface area contributed by atoms with E-state index in [-0.39, 0.29) is 17.1 Å². The van der Waals surface area contributed by atoms with Crippen LogP contribution in [-0.2, 0) is 0 Å². The number of nitrogens with zero attached hydrogens (tertiary/aromatic N) is 3. The van der Waals surface area contributed by atoms with Gasteiger partial charge in [-0.3, -0.25) is 10.4 Å². The van der Waals surface area contributed by atoms with E-state index in [1.54, 1.807) is 25.1 Å². The number of nitrogens with one attached hydrogen (secondary N) is 2. The highest BCUT2D eigenvalue weighted by molar-refractivity contribution is 6.35. The van der Waals surface area contributed by atoms with Gasteiger partial charge in [0.05, 0.1) is 21.3 Å². The van der Waals surface area contributed by atoms with Gasteiger partial charge in [0.1, 0.15) is 11.9 Å². The molecule has 1 fully saturated rings. The van der Waals surface area contributed by atoms with Gasteiger partial charge in [-0.05, 0) is 45.2 Å². The molecular formula is C24H25Cl2FN6O. The van der Waals surface area contributed by atoms with Crippen molar-refractivity contribution in [1.29, 1.82) is 5.41 Å². The maximum absolute atomic E-state index is 14.9. The number of nitrogen functional groups attached to an aromatic ring is 1. The van der Waals surface area contributed by atoms with Crippen LogP contribution < -0.4 is 20.7 Å². The van der Waals surface area contributed by atoms with E-state index in [0.717, 1.165) is 0 Å². The summed E-state index contributed by atoms with van der Waals surface area (Å²) in [7, 11) is 1.88. The number of rotatable bonds is 7. The zero-order chi connectivity index (χ0) is 24.6. The molecule has 4 rings (SSSR count). The molecule has 1 aliphatic rings. The van der Waals surface area contributed by atoms with Crippen molar-refractivity contribution in [3.05, 3.63) is 75.4 Å². The largest absolute Gasteiger partial charge is 0.486 e. The molecule has 0 amide bonds. The van der Waals surface area contributed by atoms with Crippen LogP contribution in [0.3, 0.4) is 0 Å². The average molecular weight is 503 g/mol. The van der Waals surface area contributed by atoms with E-state index in [2.05, 4.69) is 22.2 Å². The lowest BCUT2D eigenvalue weighted by molar-refractivity contribution is 0.227. The molecule has 4 N–H and O–H groups in total. The normalized spacial score (nSPS) is 15.5. The van der Waals surface area contributed by atoms with Crippen molar-refractivity contribution in [2.75, 3.05) is 30.8 Å². The molecule has 1 saturated heterocycles. The molecule has 0 bridgehead atoms. The minimum absolute atomic E-state index is 0.0391. The molecule has 0 aliphatic carbocycles. The molecule has 0 saturated carbocycles. The molecule has 2 aromatic heterocycles. The summed E-state index contributed by atoms with van der Waals surface area (Å²) in [5.74, 6) is 0.249. The lowest BCUT2D eigenvalue weighted by Crippen LogP contribution is -2.67. The zero-order valence-corrected chi connectivity index (χ0v) is 20.5. The van der Waals surface area contributed by atoms with Gasteiger partial charge in [0.2, 0.25) is 0 Å². The predicted molar refractivity (Wildman–Crippen MR) is 134 cm³/mol. The number of aromatic nitrogens is 2. The van der Waals surface area contributed by atoms with Crippen LogP contribution in [0.2, 0.25) is 10.0 Å². The fourth-order valence-corrected chi connectivity index (χ4v) is 4.63. The number of likely N-dealkylation sites (N-methyl/N-ethyl adjacent to an activating group) is 1. The van der Waals surface area contributed by atoms with Gasteiger partial charge in [-0.1, -0.05) is 23.2 Å². The minimum Gasteiger partial charge on any atom is -0.486 e. The van der Waals surface area contributed by atoms with Crippen molar-refractivity contribution in [3.63, 3.8) is 0 Å². The SMILES string of the molecule is CNC1(C)CN(c2ncc(C(=N)c3cc(O[C@H](C)c4c(Cl)cncc4Cl)ccc3N)cc2F)C1. The Labute approximate surface area is 207 Å². The third kappa shape index (κ3) is 4.66. The summed E-state index contributed by atoms with van der Waals surface area (Å²) in [5.41, 5.74) is 7.80. The average Bonchev–Trinajstić information content (AvgIpc) is 2.77. The van der Waals surface area contributed by atoms with Gasteiger partial charge in [-0.2, -0.15) is 0 Å². The predicted octanol–water partition coefficient (Wildman–Crippen LogP) is 4.86. The first-order chi connectivity index (χ1) is 16.1. The molecule has 3 aromatic rings. The molecule has 10 heteroatoms. The second-order valence-corrected chi connectivity index (χ2v) is 9.41. The second kappa shape index (κ2) is 9.37. The first-order valence-corrected chi connectivity index (χ1v) is 11.4. The summed E-state index contributed by atoms with van der Waals surface area (Å²) in [6, 6.07) is 6.28. The van der Waals surface area contributed by atoms with Gasteiger partial charge in [0.25, 0.3) is 0 Å². The van der Waals surface area contributed by atoms with Crippen molar-refractivity contribution >= 4 is 40.4 Å². The van der Waals surface area contributed by atoms with Crippen molar-refractivity contribution in [3.8, 4) is 5.75 Å². The molecule has 0 spiro atoms. The maximum atomic E-state index is 14.9. The highest BCUT2D eigenvalue weighted by atomic mass is 35.5. The number of nitrogens with two attached hydrogens (primary N) is 1. The molecule has 1 aromatic carbocycles. The van der Waals surface area contributed by atoms with Gasteiger partial charge in [0.15, 0.2) is 11.6 Å². The fraction of sp³-hybridized carbons (Fsp3) is 0.292. The lowest BCUT2D eigenvalue weighted by atomic mass is 9.92. The van der Waals surface area contributed by atoms with Crippen LogP contribution in [0.4, 0.5) is 15.9 Å². The quantitative estimate of drug-likeness (QED) is 0.315. The third-order valence-electron chi connectivity index (χ3n) is 6.00. The number of hydrogen-bond donors (Lipinski definition) is 3. The number of pyridine rings is 2. The molecule has 178 valence electrons. The first-order valence-electron chi connectivity index (χ1n) is 10.7. The van der Waals surface area contributed by atoms with Gasteiger partial charge in [0, 0.05) is 54.1 Å². The first kappa shape index (κ1) is 24.2. The molecule has 1 aliphatic heterocycles. The molecule has 7 nitrogen and oxygen atoms in total. The van der Waals surface area contributed by atoms with Crippen LogP contribution in [0.5, 0.6) is 5.75 Å². The van der Waals surface area contributed by atoms with Crippen LogP contribution in [0.25, 0.3) is 0 Å². The van der Waals surface area contributed by atoms with Crippen LogP contribution in [0, 0.1) is 11.2 Å². The van der Waals surface area contributed by atoms with E-state index in [9.17, 15) is 4.39 Å². The van der Waals surface area contributed by atoms with Gasteiger partial charge in [-0.25, -0.2) is 9.37 Å². The van der Waals surface area contributed by atoms with Crippen LogP contribution in [0.15, 0.2) is 42.9 Å². The lowest BCUT2D eigenvalue weighted by Gasteiger charge is -2.48. The molecule has 3 heterocycles. The van der Waals surface area contributed by atoms with Crippen LogP contribution >= 0.6 is 23.2 Å². The van der Waals surface area contributed by atoms with Gasteiger partial charge < -0.3 is 20.7 Å². The zero-order valence-electron chi connectivity index (χ0n) is 19.0. The molecule has 1 atom stereocenters. The van der Waals surface area contributed by atoms with E-state index in [1.807, 2.05) is 11.9 Å². The van der Waals surface area contributed by atoms with Crippen molar-refractivity contribution in [2.45, 2.75) is 25.5 Å². The Morgan fingerprint density at radius 2 is 1.91 bits per heavy atom. The van der Waals surface area contributed by atoms with Crippen molar-refractivity contribution in [1.82, 2.24) is 15.3 Å². The minimum atomic E-state index is -0.484. The Morgan fingerprint density at radius 1 is 1.24 bits per heavy atom. The number of ether oxygens (including phenoxy) is 1. The fourth-order valence-electron chi connectivity index (χ4n) is 3.96. The van der Waals surface area contributed by atoms with Gasteiger partial charge >= 0.3 is 0 Å². The highest BCUT2D eigenvalue weighted by Crippen LogP contribution is 2.34. The Bertz CT molecular complexity index is 1230. The summed E-state index contributed by atoms with van der Waals surface area (Å²) in [6.45, 7) is 5.18. The van der Waals surface area contributed by atoms with Gasteiger partial charge in [-0.15, -0.1) is 0 Å². The van der Waals surface area contributed by atoms with E-state index in [0.29, 0.717) is 51.3 Å². The van der Waals surface area contributed by atoms with E-state index in [1.165, 1.54) is 24.7 Å². The summed E-state index contributed by atoms with van der Waals surface area (Å²) >= 11 is 12.5. The topological polar surface area (TPSA) is 100 Å². The Hall–Kier alpha value is -2.94. The van der Waals surface area contributed by atoms with E-state index < -0.39 is 11.9 Å². The summed E-state index contributed by atoms with van der Waals surface area (Å²) in [5, 5.41) is 12.6. The standard InChI is InChI=1S/C24H25Cl2FN6O/c1-13(21-17(25)9-31-10-18(21)26)34-15-4-5-20(28)16(7-15)22(29)14-6-19(27)23(32-8-14)33-11-24(2,12-33)30-3/h4-10,13,29-30H,11-12,28H2,1-3H3/t13-/m1/s1. The third-order valence-corrected chi connectivity index (χ3v) is 6.60. The smallest absolute Gasteiger partial charge is 0.166 e. The Kier molecular flexibility index (Phi) is 6.66. The van der Waals surface area contributed by atoms with Crippen molar-refractivity contribution < 1.29 is 9.13 Å². The maximum Gasteiger partial charge on any atom is 0.166 e. The molecule has 0 unspecified atom stereocenters. The van der Waals surface area contributed by atoms with E-state index >= 15 is 0 Å². The van der Waals surface area contributed by atoms with E-state index in [4.69, 9.17) is 39.1 Å². The highest BCUT2D eigenvalue weighted by Gasteiger charge is 2.39. The number of halogens is 3. The monoisotopic (exact) mass is 502 g/mol. The number of hydrogen-bond acceptors (Lipinski definition) is 7. The van der Waals surface area contributed by atoms with Crippen LogP contribution in [0.1, 0.15) is 36.6 Å².